The van der Waals surface area contributed by atoms with Crippen LogP contribution in [0.5, 0.6) is 5.75 Å². The zero-order valence-corrected chi connectivity index (χ0v) is 21.8. The van der Waals surface area contributed by atoms with E-state index in [2.05, 4.69) is 5.32 Å². The highest BCUT2D eigenvalue weighted by Gasteiger charge is 2.13. The van der Waals surface area contributed by atoms with E-state index in [1.54, 1.807) is 6.07 Å². The lowest BCUT2D eigenvalue weighted by atomic mass is 10.1. The van der Waals surface area contributed by atoms with E-state index in [0.29, 0.717) is 43.7 Å². The lowest BCUT2D eigenvalue weighted by molar-refractivity contribution is -0.116. The van der Waals surface area contributed by atoms with Crippen molar-refractivity contribution in [1.82, 2.24) is 0 Å². The summed E-state index contributed by atoms with van der Waals surface area (Å²) in [7, 11) is -7.82. The number of hydrogen-bond acceptors (Lipinski definition) is 5. The maximum atomic E-state index is 12.4. The molecule has 0 spiro atoms. The number of carbonyl (C=O) groups is 1. The van der Waals surface area contributed by atoms with Crippen molar-refractivity contribution in [3.05, 3.63) is 23.8 Å². The minimum absolute atomic E-state index is 0.0733. The molecule has 9 nitrogen and oxygen atoms in total. The minimum atomic E-state index is -3.99. The van der Waals surface area contributed by atoms with Crippen LogP contribution < -0.4 is 10.1 Å². The number of aryl methyl sites for hydroxylation is 1. The van der Waals surface area contributed by atoms with Crippen LogP contribution in [0.15, 0.2) is 18.2 Å². The SMILES string of the molecule is Cc1cccc(NC(=O)CCCCCCCCCCCS(=O)(=O)O)c1OCCCCP(=O)(O)O. The van der Waals surface area contributed by atoms with Crippen molar-refractivity contribution in [3.8, 4) is 5.75 Å². The fraction of sp³-hybridized carbons (Fsp3) is 0.696. The van der Waals surface area contributed by atoms with E-state index < -0.39 is 17.7 Å². The number of anilines is 1. The Balaban J connectivity index is 2.20. The minimum Gasteiger partial charge on any atom is -0.491 e. The quantitative estimate of drug-likeness (QED) is 0.112. The molecule has 0 fully saturated rings. The first kappa shape index (κ1) is 30.6. The van der Waals surface area contributed by atoms with Gasteiger partial charge in [0.05, 0.1) is 18.0 Å². The molecule has 0 aliphatic heterocycles. The van der Waals surface area contributed by atoms with Crippen molar-refractivity contribution in [3.63, 3.8) is 0 Å². The number of rotatable bonds is 19. The normalized spacial score (nSPS) is 12.0. The molecule has 1 rings (SSSR count). The van der Waals surface area contributed by atoms with E-state index in [1.165, 1.54) is 0 Å². The lowest BCUT2D eigenvalue weighted by Gasteiger charge is -2.15. The van der Waals surface area contributed by atoms with Gasteiger partial charge >= 0.3 is 7.60 Å². The summed E-state index contributed by atoms with van der Waals surface area (Å²) < 4.78 is 46.7. The number of hydrogen-bond donors (Lipinski definition) is 4. The van der Waals surface area contributed by atoms with Crippen LogP contribution in [0.25, 0.3) is 0 Å². The van der Waals surface area contributed by atoms with Crippen LogP contribution in [-0.2, 0) is 19.5 Å². The van der Waals surface area contributed by atoms with Gasteiger partial charge in [0, 0.05) is 12.6 Å². The van der Waals surface area contributed by atoms with E-state index in [1.807, 2.05) is 19.1 Å². The fourth-order valence-corrected chi connectivity index (χ4v) is 4.76. The van der Waals surface area contributed by atoms with Crippen molar-refractivity contribution in [1.29, 1.82) is 0 Å². The van der Waals surface area contributed by atoms with Gasteiger partial charge in [0.15, 0.2) is 0 Å². The highest BCUT2D eigenvalue weighted by Crippen LogP contribution is 2.35. The third-order valence-electron chi connectivity index (χ3n) is 5.38. The molecule has 1 aromatic carbocycles. The predicted octanol–water partition coefficient (Wildman–Crippen LogP) is 5.06. The summed E-state index contributed by atoms with van der Waals surface area (Å²) in [6.45, 7) is 2.20. The molecule has 196 valence electrons. The first-order chi connectivity index (χ1) is 16.0. The zero-order valence-electron chi connectivity index (χ0n) is 20.1. The Morgan fingerprint density at radius 1 is 0.941 bits per heavy atom. The number of para-hydroxylation sites is 1. The topological polar surface area (TPSA) is 150 Å². The second kappa shape index (κ2) is 16.3. The summed E-state index contributed by atoms with van der Waals surface area (Å²) in [4.78, 5) is 30.2. The van der Waals surface area contributed by atoms with Gasteiger partial charge in [0.1, 0.15) is 5.75 Å². The van der Waals surface area contributed by atoms with Gasteiger partial charge in [-0.25, -0.2) is 0 Å². The summed E-state index contributed by atoms with van der Waals surface area (Å²) in [5, 5.41) is 2.91. The van der Waals surface area contributed by atoms with E-state index >= 15 is 0 Å². The molecule has 4 N–H and O–H groups in total. The van der Waals surface area contributed by atoms with Gasteiger partial charge in [-0.1, -0.05) is 57.1 Å². The Hall–Kier alpha value is -1.45. The Kier molecular flexibility index (Phi) is 14.6. The summed E-state index contributed by atoms with van der Waals surface area (Å²) in [6, 6.07) is 5.51. The van der Waals surface area contributed by atoms with Gasteiger partial charge in [-0.15, -0.1) is 0 Å². The van der Waals surface area contributed by atoms with Crippen LogP contribution in [0.1, 0.15) is 82.6 Å². The Morgan fingerprint density at radius 2 is 1.53 bits per heavy atom. The first-order valence-corrected chi connectivity index (χ1v) is 15.4. The highest BCUT2D eigenvalue weighted by atomic mass is 32.2. The summed E-state index contributed by atoms with van der Waals surface area (Å²) >= 11 is 0. The molecule has 11 heteroatoms. The summed E-state index contributed by atoms with van der Waals surface area (Å²) in [5.41, 5.74) is 1.49. The van der Waals surface area contributed by atoms with Gasteiger partial charge in [-0.3, -0.25) is 13.9 Å². The monoisotopic (exact) mass is 521 g/mol. The molecular weight excluding hydrogens is 481 g/mol. The largest absolute Gasteiger partial charge is 0.491 e. The number of amides is 1. The maximum absolute atomic E-state index is 12.4. The van der Waals surface area contributed by atoms with Crippen LogP contribution in [0.3, 0.4) is 0 Å². The van der Waals surface area contributed by atoms with Crippen LogP contribution in [0.2, 0.25) is 0 Å². The second-order valence-corrected chi connectivity index (χ2v) is 12.0. The lowest BCUT2D eigenvalue weighted by Crippen LogP contribution is -2.13. The summed E-state index contributed by atoms with van der Waals surface area (Å²) in [5.74, 6) is 0.351. The van der Waals surface area contributed by atoms with E-state index in [4.69, 9.17) is 19.1 Å². The van der Waals surface area contributed by atoms with E-state index in [9.17, 15) is 17.8 Å². The Morgan fingerprint density at radius 3 is 2.12 bits per heavy atom. The van der Waals surface area contributed by atoms with Crippen LogP contribution in [0, 0.1) is 6.92 Å². The molecule has 0 aromatic heterocycles. The molecule has 0 radical (unpaired) electrons. The van der Waals surface area contributed by atoms with Gasteiger partial charge < -0.3 is 19.8 Å². The number of unbranched alkanes of at least 4 members (excludes halogenated alkanes) is 9. The Labute approximate surface area is 203 Å². The molecule has 0 bridgehead atoms. The molecule has 0 atom stereocenters. The molecule has 34 heavy (non-hydrogen) atoms. The Bertz CT molecular complexity index is 885. The highest BCUT2D eigenvalue weighted by molar-refractivity contribution is 7.85. The number of nitrogens with one attached hydrogen (secondary N) is 1. The van der Waals surface area contributed by atoms with Gasteiger partial charge in [0.2, 0.25) is 5.91 Å². The van der Waals surface area contributed by atoms with Gasteiger partial charge in [0.25, 0.3) is 10.1 Å². The van der Waals surface area contributed by atoms with Crippen LogP contribution >= 0.6 is 7.60 Å². The van der Waals surface area contributed by atoms with Gasteiger partial charge in [-0.05, 0) is 44.2 Å². The van der Waals surface area contributed by atoms with E-state index in [-0.39, 0.29) is 17.8 Å². The van der Waals surface area contributed by atoms with Crippen LogP contribution in [-0.4, -0.2) is 47.2 Å². The molecule has 1 amide bonds. The van der Waals surface area contributed by atoms with E-state index in [0.717, 1.165) is 56.9 Å². The standard InChI is InChI=1S/C23H40NO8PS/c1-20-14-13-15-21(23(20)32-17-10-11-18-33(26,27)28)24-22(25)16-9-7-5-3-2-4-6-8-12-19-34(29,30)31/h13-15H,2-12,16-19H2,1H3,(H,24,25)(H2,26,27,28)(H,29,30,31). The van der Waals surface area contributed by atoms with Crippen molar-refractivity contribution in [2.75, 3.05) is 23.8 Å². The van der Waals surface area contributed by atoms with Gasteiger partial charge in [-0.2, -0.15) is 8.42 Å². The zero-order chi connectivity index (χ0) is 25.5. The number of carbonyl (C=O) groups excluding carboxylic acids is 1. The number of benzene rings is 1. The molecule has 0 unspecified atom stereocenters. The maximum Gasteiger partial charge on any atom is 0.325 e. The smallest absolute Gasteiger partial charge is 0.325 e. The van der Waals surface area contributed by atoms with Crippen LogP contribution in [0.4, 0.5) is 5.69 Å². The number of ether oxygens (including phenoxy) is 1. The second-order valence-electron chi connectivity index (χ2n) is 8.66. The average molecular weight is 522 g/mol. The molecule has 0 aliphatic carbocycles. The molecule has 0 saturated carbocycles. The predicted molar refractivity (Wildman–Crippen MR) is 134 cm³/mol. The molecule has 1 aromatic rings. The fourth-order valence-electron chi connectivity index (χ4n) is 3.56. The molecule has 0 saturated heterocycles. The van der Waals surface area contributed by atoms with Crippen molar-refractivity contribution >= 4 is 29.3 Å². The van der Waals surface area contributed by atoms with Crippen molar-refractivity contribution in [2.24, 2.45) is 0 Å². The summed E-state index contributed by atoms with van der Waals surface area (Å²) in [6.07, 6.45) is 9.41. The van der Waals surface area contributed by atoms with Crippen molar-refractivity contribution < 1.29 is 36.9 Å². The molecular formula is C23H40NO8PS. The molecule has 0 heterocycles. The van der Waals surface area contributed by atoms with Crippen molar-refractivity contribution in [2.45, 2.75) is 84.0 Å². The third-order valence-corrected chi connectivity index (χ3v) is 7.09. The first-order valence-electron chi connectivity index (χ1n) is 12.0. The molecule has 0 aliphatic rings. The average Bonchev–Trinajstić information content (AvgIpc) is 2.72. The third kappa shape index (κ3) is 16.2.